The smallest absolute Gasteiger partial charge is 0.133 e. The Hall–Kier alpha value is -1.77. The first-order chi connectivity index (χ1) is 11.2. The van der Waals surface area contributed by atoms with E-state index in [9.17, 15) is 0 Å². The lowest BCUT2D eigenvalue weighted by Crippen LogP contribution is -2.08. The van der Waals surface area contributed by atoms with Crippen molar-refractivity contribution in [2.24, 2.45) is 0 Å². The lowest BCUT2D eigenvalue weighted by molar-refractivity contribution is 0.663. The largest absolute Gasteiger partial charge is 0.370 e. The van der Waals surface area contributed by atoms with Gasteiger partial charge in [-0.25, -0.2) is 4.68 Å². The molecule has 1 N–H and O–H groups in total. The summed E-state index contributed by atoms with van der Waals surface area (Å²) in [6.45, 7) is 5.42. The molecule has 1 fully saturated rings. The molecule has 3 heteroatoms. The van der Waals surface area contributed by atoms with Crippen molar-refractivity contribution in [1.29, 1.82) is 0 Å². The lowest BCUT2D eigenvalue weighted by Gasteiger charge is -2.12. The summed E-state index contributed by atoms with van der Waals surface area (Å²) in [6.07, 6.45) is 9.07. The molecule has 0 bridgehead atoms. The van der Waals surface area contributed by atoms with E-state index in [0.717, 1.165) is 6.54 Å². The second-order valence-electron chi connectivity index (χ2n) is 7.28. The Bertz CT molecular complexity index is 708. The number of anilines is 1. The van der Waals surface area contributed by atoms with Gasteiger partial charge in [0.25, 0.3) is 0 Å². The fourth-order valence-corrected chi connectivity index (χ4v) is 4.27. The maximum absolute atomic E-state index is 5.13. The third-order valence-electron chi connectivity index (χ3n) is 5.48. The summed E-state index contributed by atoms with van der Waals surface area (Å²) in [5, 5.41) is 8.81. The zero-order chi connectivity index (χ0) is 15.8. The number of nitrogens with zero attached hydrogens (tertiary/aromatic N) is 2. The summed E-state index contributed by atoms with van der Waals surface area (Å²) in [4.78, 5) is 0. The number of hydrogen-bond donors (Lipinski definition) is 1. The van der Waals surface area contributed by atoms with Gasteiger partial charge < -0.3 is 5.32 Å². The van der Waals surface area contributed by atoms with E-state index in [0.29, 0.717) is 5.92 Å². The van der Waals surface area contributed by atoms with E-state index >= 15 is 0 Å². The number of hydrogen-bond acceptors (Lipinski definition) is 2. The van der Waals surface area contributed by atoms with Crippen LogP contribution in [-0.4, -0.2) is 16.3 Å². The molecule has 2 aliphatic rings. The zero-order valence-electron chi connectivity index (χ0n) is 14.4. The Morgan fingerprint density at radius 2 is 1.91 bits per heavy atom. The predicted molar refractivity (Wildman–Crippen MR) is 95.7 cm³/mol. The van der Waals surface area contributed by atoms with Crippen molar-refractivity contribution in [3.63, 3.8) is 0 Å². The number of benzene rings is 1. The van der Waals surface area contributed by atoms with E-state index in [-0.39, 0.29) is 0 Å². The zero-order valence-corrected chi connectivity index (χ0v) is 14.4. The molecule has 3 nitrogen and oxygen atoms in total. The van der Waals surface area contributed by atoms with Gasteiger partial charge in [-0.15, -0.1) is 0 Å². The van der Waals surface area contributed by atoms with Crippen molar-refractivity contribution in [2.45, 2.75) is 64.7 Å². The van der Waals surface area contributed by atoms with Gasteiger partial charge in [0.1, 0.15) is 5.82 Å². The van der Waals surface area contributed by atoms with E-state index in [1.54, 1.807) is 0 Å². The summed E-state index contributed by atoms with van der Waals surface area (Å²) < 4.78 is 2.20. The van der Waals surface area contributed by atoms with Crippen molar-refractivity contribution in [2.75, 3.05) is 11.9 Å². The predicted octanol–water partition coefficient (Wildman–Crippen LogP) is 4.89. The van der Waals surface area contributed by atoms with Crippen LogP contribution in [0.2, 0.25) is 0 Å². The molecule has 0 atom stereocenters. The third-order valence-corrected chi connectivity index (χ3v) is 5.48. The van der Waals surface area contributed by atoms with Crippen LogP contribution in [0.3, 0.4) is 0 Å². The number of rotatable bonds is 2. The molecule has 0 saturated heterocycles. The summed E-state index contributed by atoms with van der Waals surface area (Å²) in [6, 6.07) is 6.68. The second kappa shape index (κ2) is 6.03. The van der Waals surface area contributed by atoms with Gasteiger partial charge in [-0.05, 0) is 57.6 Å². The molecular weight excluding hydrogens is 282 g/mol. The number of fused-ring (bicyclic) bond motifs is 1. The minimum absolute atomic E-state index is 0.677. The van der Waals surface area contributed by atoms with Crippen molar-refractivity contribution in [3.05, 3.63) is 40.6 Å². The molecule has 23 heavy (non-hydrogen) atoms. The maximum atomic E-state index is 5.13. The van der Waals surface area contributed by atoms with Crippen molar-refractivity contribution in [1.82, 2.24) is 9.78 Å². The van der Waals surface area contributed by atoms with Gasteiger partial charge >= 0.3 is 0 Å². The number of aryl methyl sites for hydroxylation is 2. The number of aromatic nitrogens is 2. The molecule has 2 heterocycles. The van der Waals surface area contributed by atoms with Gasteiger partial charge in [0.15, 0.2) is 0 Å². The topological polar surface area (TPSA) is 29.9 Å². The van der Waals surface area contributed by atoms with Crippen LogP contribution in [0.25, 0.3) is 5.69 Å². The summed E-state index contributed by atoms with van der Waals surface area (Å²) in [5.41, 5.74) is 6.72. The Morgan fingerprint density at radius 3 is 2.70 bits per heavy atom. The van der Waals surface area contributed by atoms with Gasteiger partial charge in [0.05, 0.1) is 11.4 Å². The fourth-order valence-electron chi connectivity index (χ4n) is 4.27. The molecule has 1 aromatic heterocycles. The highest BCUT2D eigenvalue weighted by molar-refractivity contribution is 5.57. The fraction of sp³-hybridized carbons (Fsp3) is 0.550. The van der Waals surface area contributed by atoms with Crippen LogP contribution in [0, 0.1) is 13.8 Å². The Morgan fingerprint density at radius 1 is 1.09 bits per heavy atom. The van der Waals surface area contributed by atoms with Crippen LogP contribution in [0.15, 0.2) is 18.2 Å². The Labute approximate surface area is 139 Å². The van der Waals surface area contributed by atoms with E-state index in [1.807, 2.05) is 0 Å². The average molecular weight is 309 g/mol. The van der Waals surface area contributed by atoms with Gasteiger partial charge in [0.2, 0.25) is 0 Å². The summed E-state index contributed by atoms with van der Waals surface area (Å²) in [5.74, 6) is 1.94. The van der Waals surface area contributed by atoms with Crippen LogP contribution in [0.5, 0.6) is 0 Å². The molecule has 4 rings (SSSR count). The Kier molecular flexibility index (Phi) is 3.88. The summed E-state index contributed by atoms with van der Waals surface area (Å²) >= 11 is 0. The monoisotopic (exact) mass is 309 g/mol. The molecule has 1 aliphatic carbocycles. The molecule has 0 amide bonds. The highest BCUT2D eigenvalue weighted by Gasteiger charge is 2.28. The van der Waals surface area contributed by atoms with Crippen LogP contribution in [0.4, 0.5) is 5.82 Å². The first-order valence-corrected chi connectivity index (χ1v) is 9.17. The quantitative estimate of drug-likeness (QED) is 0.855. The van der Waals surface area contributed by atoms with E-state index in [2.05, 4.69) is 42.0 Å². The molecule has 122 valence electrons. The summed E-state index contributed by atoms with van der Waals surface area (Å²) in [7, 11) is 0. The molecule has 2 aromatic rings. The van der Waals surface area contributed by atoms with Crippen LogP contribution in [0.1, 0.15) is 66.8 Å². The molecule has 0 spiro atoms. The highest BCUT2D eigenvalue weighted by Crippen LogP contribution is 2.39. The third kappa shape index (κ3) is 2.66. The van der Waals surface area contributed by atoms with Crippen LogP contribution < -0.4 is 5.32 Å². The molecular formula is C20H27N3. The molecule has 1 saturated carbocycles. The standard InChI is InChI=1S/C20H27N3/c1-14-10-11-18(15(2)13-14)23-20-17(9-5-6-12-21-20)19(22-23)16-7-3-4-8-16/h10-11,13,16,21H,3-9,12H2,1-2H3. The second-order valence-corrected chi connectivity index (χ2v) is 7.28. The van der Waals surface area contributed by atoms with Crippen molar-refractivity contribution < 1.29 is 0 Å². The Balaban J connectivity index is 1.85. The minimum Gasteiger partial charge on any atom is -0.370 e. The van der Waals surface area contributed by atoms with E-state index in [1.165, 1.54) is 78.8 Å². The molecule has 0 radical (unpaired) electrons. The highest BCUT2D eigenvalue weighted by atomic mass is 15.3. The van der Waals surface area contributed by atoms with Gasteiger partial charge in [-0.2, -0.15) is 5.10 Å². The first kappa shape index (κ1) is 14.8. The van der Waals surface area contributed by atoms with E-state index < -0.39 is 0 Å². The first-order valence-electron chi connectivity index (χ1n) is 9.17. The number of nitrogens with one attached hydrogen (secondary N) is 1. The molecule has 1 aromatic carbocycles. The van der Waals surface area contributed by atoms with Crippen LogP contribution >= 0.6 is 0 Å². The van der Waals surface area contributed by atoms with Crippen molar-refractivity contribution >= 4 is 5.82 Å². The van der Waals surface area contributed by atoms with Gasteiger partial charge in [-0.1, -0.05) is 30.5 Å². The molecule has 1 aliphatic heterocycles. The maximum Gasteiger partial charge on any atom is 0.133 e. The average Bonchev–Trinajstić information content (AvgIpc) is 3.10. The van der Waals surface area contributed by atoms with Crippen molar-refractivity contribution in [3.8, 4) is 5.69 Å². The van der Waals surface area contributed by atoms with Gasteiger partial charge in [-0.3, -0.25) is 0 Å². The molecule has 0 unspecified atom stereocenters. The normalized spacial score (nSPS) is 18.5. The lowest BCUT2D eigenvalue weighted by atomic mass is 9.97. The SMILES string of the molecule is Cc1ccc(-n2nc(C3CCCC3)c3c2NCCCC3)c(C)c1. The van der Waals surface area contributed by atoms with Crippen LogP contribution in [-0.2, 0) is 6.42 Å². The van der Waals surface area contributed by atoms with Gasteiger partial charge in [0, 0.05) is 18.0 Å². The van der Waals surface area contributed by atoms with E-state index in [4.69, 9.17) is 5.10 Å². The minimum atomic E-state index is 0.677.